The van der Waals surface area contributed by atoms with Crippen molar-refractivity contribution in [2.45, 2.75) is 76.3 Å². The number of amides is 1. The van der Waals surface area contributed by atoms with Crippen LogP contribution in [0.4, 0.5) is 4.79 Å². The summed E-state index contributed by atoms with van der Waals surface area (Å²) >= 11 is 0. The molecule has 3 atom stereocenters. The Bertz CT molecular complexity index is 496. The maximum Gasteiger partial charge on any atom is 0.407 e. The number of hydrogen-bond donors (Lipinski definition) is 1. The minimum Gasteiger partial charge on any atom is -0.444 e. The molecule has 2 saturated heterocycles. The molecule has 1 N–H and O–H groups in total. The monoisotopic (exact) mass is 352 g/mol. The molecule has 0 aromatic heterocycles. The zero-order chi connectivity index (χ0) is 17.7. The van der Waals surface area contributed by atoms with Crippen molar-refractivity contribution >= 4 is 6.09 Å². The molecule has 2 aliphatic heterocycles. The summed E-state index contributed by atoms with van der Waals surface area (Å²) in [7, 11) is 0. The molecule has 6 nitrogen and oxygen atoms in total. The second-order valence-corrected chi connectivity index (χ2v) is 9.14. The van der Waals surface area contributed by atoms with Crippen molar-refractivity contribution in [1.82, 2.24) is 10.2 Å². The van der Waals surface area contributed by atoms with Gasteiger partial charge in [-0.2, -0.15) is 0 Å². The number of hydrogen-bond acceptors (Lipinski definition) is 5. The number of rotatable bonds is 2. The summed E-state index contributed by atoms with van der Waals surface area (Å²) < 4.78 is 17.6. The molecule has 25 heavy (non-hydrogen) atoms. The molecule has 4 fully saturated rings. The highest BCUT2D eigenvalue weighted by Gasteiger charge is 2.59. The van der Waals surface area contributed by atoms with Crippen molar-refractivity contribution in [3.05, 3.63) is 0 Å². The van der Waals surface area contributed by atoms with Crippen molar-refractivity contribution in [2.75, 3.05) is 26.3 Å². The van der Waals surface area contributed by atoms with Gasteiger partial charge >= 0.3 is 6.09 Å². The molecule has 2 bridgehead atoms. The highest BCUT2D eigenvalue weighted by atomic mass is 16.7. The van der Waals surface area contributed by atoms with Crippen LogP contribution in [-0.4, -0.2) is 60.8 Å². The zero-order valence-corrected chi connectivity index (χ0v) is 15.8. The predicted molar refractivity (Wildman–Crippen MR) is 93.2 cm³/mol. The highest BCUT2D eigenvalue weighted by molar-refractivity contribution is 5.68. The van der Waals surface area contributed by atoms with Crippen molar-refractivity contribution in [3.63, 3.8) is 0 Å². The van der Waals surface area contributed by atoms with Crippen LogP contribution in [0.5, 0.6) is 0 Å². The number of nitrogens with one attached hydrogen (secondary N) is 1. The van der Waals surface area contributed by atoms with Crippen LogP contribution in [0.25, 0.3) is 0 Å². The van der Waals surface area contributed by atoms with E-state index in [1.54, 1.807) is 0 Å². The molecule has 2 heterocycles. The van der Waals surface area contributed by atoms with Gasteiger partial charge in [0.05, 0.1) is 13.2 Å². The van der Waals surface area contributed by atoms with Crippen LogP contribution in [0, 0.1) is 11.8 Å². The lowest BCUT2D eigenvalue weighted by Crippen LogP contribution is -2.51. The standard InChI is InChI=1S/C19H32N2O4/c1-18(2,3)25-17(22)20-15-6-7-21(12-15)16-10-13-4-5-14(11-16)19(13)23-8-9-24-19/h13-16H,4-12H2,1-3H3,(H,20,22)/t13?,14?,15-,16?/m1/s1. The first kappa shape index (κ1) is 17.6. The van der Waals surface area contributed by atoms with Crippen LogP contribution in [0.1, 0.15) is 52.9 Å². The lowest BCUT2D eigenvalue weighted by atomic mass is 9.79. The third kappa shape index (κ3) is 3.40. The van der Waals surface area contributed by atoms with Gasteiger partial charge in [-0.25, -0.2) is 4.79 Å². The Morgan fingerprint density at radius 1 is 1.12 bits per heavy atom. The second-order valence-electron chi connectivity index (χ2n) is 9.14. The number of likely N-dealkylation sites (tertiary alicyclic amines) is 1. The Kier molecular flexibility index (Phi) is 4.49. The Morgan fingerprint density at radius 3 is 2.36 bits per heavy atom. The SMILES string of the molecule is CC(C)(C)OC(=O)N[C@@H]1CCN(C2CC3CCC(C2)C32OCCO2)C1. The van der Waals surface area contributed by atoms with Gasteiger partial charge in [0.15, 0.2) is 5.79 Å². The Balaban J connectivity index is 1.31. The van der Waals surface area contributed by atoms with E-state index in [0.29, 0.717) is 17.9 Å². The minimum absolute atomic E-state index is 0.197. The molecule has 1 spiro atoms. The lowest BCUT2D eigenvalue weighted by Gasteiger charge is -2.44. The molecule has 4 aliphatic rings. The van der Waals surface area contributed by atoms with Crippen molar-refractivity contribution in [2.24, 2.45) is 11.8 Å². The highest BCUT2D eigenvalue weighted by Crippen LogP contribution is 2.54. The fourth-order valence-electron chi connectivity index (χ4n) is 5.38. The number of carbonyl (C=O) groups is 1. The van der Waals surface area contributed by atoms with E-state index in [1.165, 1.54) is 12.8 Å². The topological polar surface area (TPSA) is 60.0 Å². The summed E-state index contributed by atoms with van der Waals surface area (Å²) in [6, 6.07) is 0.795. The van der Waals surface area contributed by atoms with E-state index < -0.39 is 5.60 Å². The van der Waals surface area contributed by atoms with Crippen molar-refractivity contribution in [3.8, 4) is 0 Å². The van der Waals surface area contributed by atoms with Crippen molar-refractivity contribution < 1.29 is 19.0 Å². The molecule has 0 radical (unpaired) electrons. The third-order valence-electron chi connectivity index (χ3n) is 6.31. The predicted octanol–water partition coefficient (Wildman–Crippen LogP) is 2.52. The van der Waals surface area contributed by atoms with Gasteiger partial charge < -0.3 is 19.5 Å². The van der Waals surface area contributed by atoms with E-state index >= 15 is 0 Å². The smallest absolute Gasteiger partial charge is 0.407 e. The fourth-order valence-corrected chi connectivity index (χ4v) is 5.38. The van der Waals surface area contributed by atoms with E-state index in [1.807, 2.05) is 20.8 Å². The molecule has 2 unspecified atom stereocenters. The van der Waals surface area contributed by atoms with Gasteiger partial charge in [-0.15, -0.1) is 0 Å². The summed E-state index contributed by atoms with van der Waals surface area (Å²) in [5.41, 5.74) is -0.444. The fraction of sp³-hybridized carbons (Fsp3) is 0.947. The Hall–Kier alpha value is -0.850. The van der Waals surface area contributed by atoms with Gasteiger partial charge in [-0.1, -0.05) is 0 Å². The lowest BCUT2D eigenvalue weighted by molar-refractivity contribution is -0.229. The maximum absolute atomic E-state index is 12.0. The number of alkyl carbamates (subject to hydrolysis) is 1. The van der Waals surface area contributed by atoms with Gasteiger partial charge in [-0.05, 0) is 52.9 Å². The summed E-state index contributed by atoms with van der Waals surface area (Å²) in [5.74, 6) is 0.818. The first-order valence-corrected chi connectivity index (χ1v) is 9.87. The van der Waals surface area contributed by atoms with E-state index in [-0.39, 0.29) is 17.9 Å². The molecule has 2 aliphatic carbocycles. The second kappa shape index (κ2) is 6.39. The van der Waals surface area contributed by atoms with Crippen LogP contribution < -0.4 is 5.32 Å². The summed E-state index contributed by atoms with van der Waals surface area (Å²) in [5, 5.41) is 3.04. The summed E-state index contributed by atoms with van der Waals surface area (Å²) in [6.45, 7) is 9.18. The molecule has 0 aromatic rings. The third-order valence-corrected chi connectivity index (χ3v) is 6.31. The number of ether oxygens (including phenoxy) is 3. The van der Waals surface area contributed by atoms with Gasteiger partial charge in [0, 0.05) is 37.0 Å². The first-order valence-electron chi connectivity index (χ1n) is 9.87. The van der Waals surface area contributed by atoms with Crippen LogP contribution in [0.15, 0.2) is 0 Å². The zero-order valence-electron chi connectivity index (χ0n) is 15.8. The van der Waals surface area contributed by atoms with Crippen molar-refractivity contribution in [1.29, 1.82) is 0 Å². The Labute approximate surface area is 150 Å². The van der Waals surface area contributed by atoms with Crippen LogP contribution in [0.2, 0.25) is 0 Å². The molecule has 2 saturated carbocycles. The molecule has 142 valence electrons. The molecule has 4 rings (SSSR count). The molecular formula is C19H32N2O4. The Morgan fingerprint density at radius 2 is 1.76 bits per heavy atom. The van der Waals surface area contributed by atoms with Crippen LogP contribution in [-0.2, 0) is 14.2 Å². The van der Waals surface area contributed by atoms with Crippen LogP contribution >= 0.6 is 0 Å². The van der Waals surface area contributed by atoms with Gasteiger partial charge in [0.1, 0.15) is 5.60 Å². The van der Waals surface area contributed by atoms with Crippen LogP contribution in [0.3, 0.4) is 0 Å². The van der Waals surface area contributed by atoms with Gasteiger partial charge in [-0.3, -0.25) is 4.90 Å². The number of carbonyl (C=O) groups excluding carboxylic acids is 1. The molecule has 6 heteroatoms. The quantitative estimate of drug-likeness (QED) is 0.827. The first-order chi connectivity index (χ1) is 11.9. The summed E-state index contributed by atoms with van der Waals surface area (Å²) in [4.78, 5) is 14.6. The molecule has 0 aromatic carbocycles. The average molecular weight is 352 g/mol. The van der Waals surface area contributed by atoms with E-state index in [9.17, 15) is 4.79 Å². The average Bonchev–Trinajstić information content (AvgIpc) is 3.20. The number of nitrogens with zero attached hydrogens (tertiary/aromatic N) is 1. The van der Waals surface area contributed by atoms with E-state index in [0.717, 1.165) is 45.6 Å². The summed E-state index contributed by atoms with van der Waals surface area (Å²) in [6.07, 6.45) is 5.49. The van der Waals surface area contributed by atoms with Gasteiger partial charge in [0.25, 0.3) is 0 Å². The van der Waals surface area contributed by atoms with E-state index in [2.05, 4.69) is 10.2 Å². The molecule has 1 amide bonds. The minimum atomic E-state index is -0.444. The largest absolute Gasteiger partial charge is 0.444 e. The van der Waals surface area contributed by atoms with E-state index in [4.69, 9.17) is 14.2 Å². The maximum atomic E-state index is 12.0. The van der Waals surface area contributed by atoms with Gasteiger partial charge in [0.2, 0.25) is 0 Å². The normalized spacial score (nSPS) is 37.6. The molecular weight excluding hydrogens is 320 g/mol.